The van der Waals surface area contributed by atoms with Crippen molar-refractivity contribution in [2.45, 2.75) is 24.1 Å². The minimum Gasteiger partial charge on any atom is -0.496 e. The lowest BCUT2D eigenvalue weighted by Crippen LogP contribution is -2.39. The molecule has 0 atom stereocenters. The third-order valence-corrected chi connectivity index (χ3v) is 4.23. The molecule has 0 saturated carbocycles. The highest BCUT2D eigenvalue weighted by Crippen LogP contribution is 2.21. The Morgan fingerprint density at radius 2 is 2.06 bits per heavy atom. The molecule has 18 heavy (non-hydrogen) atoms. The lowest BCUT2D eigenvalue weighted by atomic mass is 10.1. The number of ether oxygens (including phenoxy) is 1. The van der Waals surface area contributed by atoms with Crippen LogP contribution >= 0.6 is 15.9 Å². The van der Waals surface area contributed by atoms with Crippen LogP contribution in [0.2, 0.25) is 0 Å². The van der Waals surface area contributed by atoms with Crippen molar-refractivity contribution in [3.8, 4) is 5.75 Å². The number of amides is 1. The smallest absolute Gasteiger partial charge is 0.227 e. The van der Waals surface area contributed by atoms with Crippen molar-refractivity contribution in [3.63, 3.8) is 0 Å². The standard InChI is InChI=1S/C14H18BrNO2/c1-18-13-5-3-2-4-11(13)10-14(17)16-8-6-12(15)7-9-16/h2-5,12H,6-10H2,1H3. The van der Waals surface area contributed by atoms with E-state index in [0.29, 0.717) is 11.2 Å². The zero-order valence-electron chi connectivity index (χ0n) is 10.6. The van der Waals surface area contributed by atoms with E-state index < -0.39 is 0 Å². The molecule has 1 aromatic rings. The van der Waals surface area contributed by atoms with Gasteiger partial charge in [-0.25, -0.2) is 0 Å². The Bertz CT molecular complexity index is 414. The molecule has 2 rings (SSSR count). The molecule has 1 fully saturated rings. The molecule has 1 aliphatic heterocycles. The van der Waals surface area contributed by atoms with Crippen LogP contribution in [0, 0.1) is 0 Å². The monoisotopic (exact) mass is 311 g/mol. The van der Waals surface area contributed by atoms with Crippen molar-refractivity contribution in [2.24, 2.45) is 0 Å². The van der Waals surface area contributed by atoms with Gasteiger partial charge in [0, 0.05) is 23.5 Å². The van der Waals surface area contributed by atoms with Crippen molar-refractivity contribution >= 4 is 21.8 Å². The van der Waals surface area contributed by atoms with Gasteiger partial charge < -0.3 is 9.64 Å². The van der Waals surface area contributed by atoms with Gasteiger partial charge in [0.1, 0.15) is 5.75 Å². The van der Waals surface area contributed by atoms with Crippen molar-refractivity contribution in [1.82, 2.24) is 4.90 Å². The molecule has 0 aliphatic carbocycles. The molecular weight excluding hydrogens is 294 g/mol. The Morgan fingerprint density at radius 1 is 1.39 bits per heavy atom. The first kappa shape index (κ1) is 13.4. The summed E-state index contributed by atoms with van der Waals surface area (Å²) in [5, 5.41) is 0. The van der Waals surface area contributed by atoms with Crippen LogP contribution in [0.5, 0.6) is 5.75 Å². The van der Waals surface area contributed by atoms with Gasteiger partial charge >= 0.3 is 0 Å². The maximum absolute atomic E-state index is 12.2. The highest BCUT2D eigenvalue weighted by Gasteiger charge is 2.21. The first-order chi connectivity index (χ1) is 8.70. The third kappa shape index (κ3) is 3.25. The first-order valence-corrected chi connectivity index (χ1v) is 7.16. The molecule has 0 aromatic heterocycles. The van der Waals surface area contributed by atoms with E-state index in [0.717, 1.165) is 37.2 Å². The molecule has 98 valence electrons. The zero-order chi connectivity index (χ0) is 13.0. The third-order valence-electron chi connectivity index (χ3n) is 3.31. The SMILES string of the molecule is COc1ccccc1CC(=O)N1CCC(Br)CC1. The summed E-state index contributed by atoms with van der Waals surface area (Å²) in [6.07, 6.45) is 2.51. The highest BCUT2D eigenvalue weighted by molar-refractivity contribution is 9.09. The predicted octanol–water partition coefficient (Wildman–Crippen LogP) is 2.62. The van der Waals surface area contributed by atoms with Crippen LogP contribution in [0.15, 0.2) is 24.3 Å². The van der Waals surface area contributed by atoms with Gasteiger partial charge in [-0.05, 0) is 18.9 Å². The topological polar surface area (TPSA) is 29.5 Å². The van der Waals surface area contributed by atoms with Crippen LogP contribution in [0.1, 0.15) is 18.4 Å². The Kier molecular flexibility index (Phi) is 4.64. The summed E-state index contributed by atoms with van der Waals surface area (Å²) in [6, 6.07) is 7.71. The van der Waals surface area contributed by atoms with Gasteiger partial charge in [0.15, 0.2) is 0 Å². The molecule has 0 spiro atoms. The number of para-hydroxylation sites is 1. The lowest BCUT2D eigenvalue weighted by Gasteiger charge is -2.29. The molecule has 0 radical (unpaired) electrons. The van der Waals surface area contributed by atoms with Gasteiger partial charge in [0.25, 0.3) is 0 Å². The zero-order valence-corrected chi connectivity index (χ0v) is 12.1. The molecule has 1 aromatic carbocycles. The largest absolute Gasteiger partial charge is 0.496 e. The molecule has 1 amide bonds. The molecule has 0 N–H and O–H groups in total. The minimum absolute atomic E-state index is 0.193. The van der Waals surface area contributed by atoms with E-state index in [4.69, 9.17) is 4.74 Å². The molecule has 0 unspecified atom stereocenters. The predicted molar refractivity (Wildman–Crippen MR) is 75.2 cm³/mol. The summed E-state index contributed by atoms with van der Waals surface area (Å²) in [7, 11) is 1.64. The molecule has 3 nitrogen and oxygen atoms in total. The fourth-order valence-electron chi connectivity index (χ4n) is 2.22. The Balaban J connectivity index is 1.98. The number of rotatable bonds is 3. The Hall–Kier alpha value is -1.03. The number of benzene rings is 1. The van der Waals surface area contributed by atoms with Crippen LogP contribution in [0.4, 0.5) is 0 Å². The minimum atomic E-state index is 0.193. The molecular formula is C14H18BrNO2. The van der Waals surface area contributed by atoms with Gasteiger partial charge in [0.2, 0.25) is 5.91 Å². The van der Waals surface area contributed by atoms with E-state index in [2.05, 4.69) is 15.9 Å². The molecule has 4 heteroatoms. The van der Waals surface area contributed by atoms with Crippen molar-refractivity contribution in [3.05, 3.63) is 29.8 Å². The fraction of sp³-hybridized carbons (Fsp3) is 0.500. The lowest BCUT2D eigenvalue weighted by molar-refractivity contribution is -0.131. The number of likely N-dealkylation sites (tertiary alicyclic amines) is 1. The number of alkyl halides is 1. The van der Waals surface area contributed by atoms with Gasteiger partial charge in [-0.1, -0.05) is 34.1 Å². The summed E-state index contributed by atoms with van der Waals surface area (Å²) in [4.78, 5) is 14.7. The maximum Gasteiger partial charge on any atom is 0.227 e. The summed E-state index contributed by atoms with van der Waals surface area (Å²) in [6.45, 7) is 1.70. The van der Waals surface area contributed by atoms with Gasteiger partial charge in [-0.3, -0.25) is 4.79 Å². The van der Waals surface area contributed by atoms with Gasteiger partial charge in [0.05, 0.1) is 13.5 Å². The number of methoxy groups -OCH3 is 1. The number of hydrogen-bond donors (Lipinski definition) is 0. The summed E-state index contributed by atoms with van der Waals surface area (Å²) in [5.41, 5.74) is 0.964. The second kappa shape index (κ2) is 6.23. The maximum atomic E-state index is 12.2. The van der Waals surface area contributed by atoms with Gasteiger partial charge in [-0.15, -0.1) is 0 Å². The molecule has 1 saturated heterocycles. The van der Waals surface area contributed by atoms with E-state index in [1.165, 1.54) is 0 Å². The van der Waals surface area contributed by atoms with Crippen LogP contribution < -0.4 is 4.74 Å². The Labute approximate surface area is 116 Å². The number of piperidine rings is 1. The Morgan fingerprint density at radius 3 is 2.72 bits per heavy atom. The van der Waals surface area contributed by atoms with Crippen molar-refractivity contribution < 1.29 is 9.53 Å². The van der Waals surface area contributed by atoms with E-state index in [1.54, 1.807) is 7.11 Å². The normalized spacial score (nSPS) is 16.7. The second-order valence-electron chi connectivity index (χ2n) is 4.54. The highest BCUT2D eigenvalue weighted by atomic mass is 79.9. The van der Waals surface area contributed by atoms with E-state index in [-0.39, 0.29) is 5.91 Å². The quantitative estimate of drug-likeness (QED) is 0.803. The summed E-state index contributed by atoms with van der Waals surface area (Å²) < 4.78 is 5.27. The summed E-state index contributed by atoms with van der Waals surface area (Å²) >= 11 is 3.60. The summed E-state index contributed by atoms with van der Waals surface area (Å²) in [5.74, 6) is 0.986. The van der Waals surface area contributed by atoms with E-state index in [1.807, 2.05) is 29.2 Å². The number of carbonyl (C=O) groups excluding carboxylic acids is 1. The molecule has 1 aliphatic rings. The van der Waals surface area contributed by atoms with Gasteiger partial charge in [-0.2, -0.15) is 0 Å². The first-order valence-electron chi connectivity index (χ1n) is 6.24. The van der Waals surface area contributed by atoms with Crippen molar-refractivity contribution in [1.29, 1.82) is 0 Å². The molecule has 0 bridgehead atoms. The fourth-order valence-corrected chi connectivity index (χ4v) is 2.63. The van der Waals surface area contributed by atoms with E-state index in [9.17, 15) is 4.79 Å². The van der Waals surface area contributed by atoms with Crippen molar-refractivity contribution in [2.75, 3.05) is 20.2 Å². The number of halogens is 1. The average Bonchev–Trinajstić information content (AvgIpc) is 2.40. The van der Waals surface area contributed by atoms with E-state index >= 15 is 0 Å². The van der Waals surface area contributed by atoms with Crippen LogP contribution in [0.25, 0.3) is 0 Å². The van der Waals surface area contributed by atoms with Crippen LogP contribution in [-0.2, 0) is 11.2 Å². The van der Waals surface area contributed by atoms with Crippen LogP contribution in [0.3, 0.4) is 0 Å². The second-order valence-corrected chi connectivity index (χ2v) is 5.84. The average molecular weight is 312 g/mol. The number of nitrogens with zero attached hydrogens (tertiary/aromatic N) is 1. The number of hydrogen-bond acceptors (Lipinski definition) is 2. The molecule has 1 heterocycles. The van der Waals surface area contributed by atoms with Crippen LogP contribution in [-0.4, -0.2) is 35.8 Å². The number of carbonyl (C=O) groups is 1.